The van der Waals surface area contributed by atoms with E-state index in [1.165, 1.54) is 34.4 Å². The van der Waals surface area contributed by atoms with Gasteiger partial charge in [0.2, 0.25) is 0 Å². The predicted molar refractivity (Wildman–Crippen MR) is 84.7 cm³/mol. The van der Waals surface area contributed by atoms with Crippen molar-refractivity contribution in [1.29, 1.82) is 0 Å². The van der Waals surface area contributed by atoms with Crippen molar-refractivity contribution in [2.24, 2.45) is 5.92 Å². The number of amides is 2. The summed E-state index contributed by atoms with van der Waals surface area (Å²) in [6, 6.07) is 6.98. The van der Waals surface area contributed by atoms with Crippen molar-refractivity contribution in [3.8, 4) is 0 Å². The Labute approximate surface area is 132 Å². The lowest BCUT2D eigenvalue weighted by Crippen LogP contribution is -2.41. The lowest BCUT2D eigenvalue weighted by atomic mass is 9.90. The molecule has 1 aliphatic carbocycles. The number of hydrazine groups is 1. The number of fused-ring (bicyclic) bond motifs is 1. The average molecular weight is 315 g/mol. The van der Waals surface area contributed by atoms with Crippen LogP contribution in [0.1, 0.15) is 43.9 Å². The summed E-state index contributed by atoms with van der Waals surface area (Å²) in [5.41, 5.74) is 6.38. The van der Waals surface area contributed by atoms with Crippen LogP contribution in [0.3, 0.4) is 0 Å². The van der Waals surface area contributed by atoms with E-state index in [0.29, 0.717) is 10.8 Å². The van der Waals surface area contributed by atoms with Crippen molar-refractivity contribution in [2.75, 3.05) is 0 Å². The van der Waals surface area contributed by atoms with Gasteiger partial charge in [0, 0.05) is 11.1 Å². The highest BCUT2D eigenvalue weighted by Gasteiger charge is 2.21. The summed E-state index contributed by atoms with van der Waals surface area (Å²) in [6.45, 7) is 2.23. The number of hydrogen-bond acceptors (Lipinski definition) is 4. The molecule has 22 heavy (non-hydrogen) atoms. The molecular weight excluding hydrogens is 298 g/mol. The molecule has 2 aromatic heterocycles. The van der Waals surface area contributed by atoms with Crippen molar-refractivity contribution < 1.29 is 9.59 Å². The number of hydrogen-bond donors (Lipinski definition) is 2. The van der Waals surface area contributed by atoms with Crippen molar-refractivity contribution in [1.82, 2.24) is 15.8 Å². The van der Waals surface area contributed by atoms with Gasteiger partial charge >= 0.3 is 0 Å². The third kappa shape index (κ3) is 3.17. The molecule has 6 heteroatoms. The molecule has 0 fully saturated rings. The quantitative estimate of drug-likeness (QED) is 0.836. The summed E-state index contributed by atoms with van der Waals surface area (Å²) >= 11 is 1.51. The fourth-order valence-corrected chi connectivity index (χ4v) is 3.66. The number of aromatic nitrogens is 1. The van der Waals surface area contributed by atoms with Crippen LogP contribution in [-0.2, 0) is 12.8 Å². The fraction of sp³-hybridized carbons (Fsp3) is 0.312. The first-order valence-electron chi connectivity index (χ1n) is 7.27. The zero-order chi connectivity index (χ0) is 15.5. The molecule has 114 valence electrons. The molecule has 0 radical (unpaired) electrons. The summed E-state index contributed by atoms with van der Waals surface area (Å²) < 4.78 is 0. The summed E-state index contributed by atoms with van der Waals surface area (Å²) in [6.07, 6.45) is 4.77. The molecule has 0 aromatic carbocycles. The minimum Gasteiger partial charge on any atom is -0.266 e. The first-order valence-corrected chi connectivity index (χ1v) is 8.08. The van der Waals surface area contributed by atoms with Gasteiger partial charge in [0.15, 0.2) is 0 Å². The Kier molecular flexibility index (Phi) is 4.20. The zero-order valence-electron chi connectivity index (χ0n) is 12.3. The van der Waals surface area contributed by atoms with Crippen LogP contribution in [0, 0.1) is 5.92 Å². The van der Waals surface area contributed by atoms with Gasteiger partial charge in [-0.05, 0) is 48.9 Å². The summed E-state index contributed by atoms with van der Waals surface area (Å²) in [5.74, 6) is -0.0397. The van der Waals surface area contributed by atoms with E-state index in [1.54, 1.807) is 18.2 Å². The van der Waals surface area contributed by atoms with Crippen LogP contribution in [0.25, 0.3) is 0 Å². The van der Waals surface area contributed by atoms with Crippen molar-refractivity contribution in [3.05, 3.63) is 51.5 Å². The molecule has 2 amide bonds. The SMILES string of the molecule is C[C@H]1CCc2sc(C(=O)NNC(=O)c3ccccn3)cc2C1. The number of rotatable bonds is 2. The Morgan fingerprint density at radius 1 is 1.27 bits per heavy atom. The average Bonchev–Trinajstić information content (AvgIpc) is 2.96. The second-order valence-corrected chi connectivity index (χ2v) is 6.67. The first-order chi connectivity index (χ1) is 10.6. The van der Waals surface area contributed by atoms with Gasteiger partial charge in [0.25, 0.3) is 11.8 Å². The van der Waals surface area contributed by atoms with Crippen LogP contribution < -0.4 is 10.9 Å². The predicted octanol–water partition coefficient (Wildman–Crippen LogP) is 2.34. The largest absolute Gasteiger partial charge is 0.288 e. The van der Waals surface area contributed by atoms with E-state index in [1.807, 2.05) is 6.07 Å². The molecule has 5 nitrogen and oxygen atoms in total. The second-order valence-electron chi connectivity index (χ2n) is 5.53. The molecular formula is C16H17N3O2S. The number of thiophene rings is 1. The molecule has 1 atom stereocenters. The third-order valence-electron chi connectivity index (χ3n) is 3.74. The first kappa shape index (κ1) is 14.7. The van der Waals surface area contributed by atoms with Crippen LogP contribution in [0.5, 0.6) is 0 Å². The normalized spacial score (nSPS) is 16.7. The molecule has 0 saturated carbocycles. The van der Waals surface area contributed by atoms with Gasteiger partial charge < -0.3 is 0 Å². The van der Waals surface area contributed by atoms with E-state index in [-0.39, 0.29) is 11.6 Å². The highest BCUT2D eigenvalue weighted by molar-refractivity contribution is 7.14. The lowest BCUT2D eigenvalue weighted by molar-refractivity contribution is 0.0846. The van der Waals surface area contributed by atoms with Gasteiger partial charge in [-0.25, -0.2) is 0 Å². The molecule has 2 aromatic rings. The van der Waals surface area contributed by atoms with Gasteiger partial charge in [-0.3, -0.25) is 25.4 Å². The van der Waals surface area contributed by atoms with Crippen LogP contribution in [0.4, 0.5) is 0 Å². The number of nitrogens with one attached hydrogen (secondary N) is 2. The van der Waals surface area contributed by atoms with Gasteiger partial charge in [0.05, 0.1) is 4.88 Å². The Bertz CT molecular complexity index is 697. The molecule has 2 N–H and O–H groups in total. The topological polar surface area (TPSA) is 71.1 Å². The Hall–Kier alpha value is -2.21. The van der Waals surface area contributed by atoms with Crippen molar-refractivity contribution >= 4 is 23.2 Å². The van der Waals surface area contributed by atoms with Gasteiger partial charge in [-0.2, -0.15) is 0 Å². The molecule has 0 aliphatic heterocycles. The highest BCUT2D eigenvalue weighted by Crippen LogP contribution is 2.32. The van der Waals surface area contributed by atoms with Crippen LogP contribution in [0.15, 0.2) is 30.5 Å². The van der Waals surface area contributed by atoms with Gasteiger partial charge in [0.1, 0.15) is 5.69 Å². The minimum absolute atomic E-state index is 0.266. The Morgan fingerprint density at radius 3 is 2.86 bits per heavy atom. The van der Waals surface area contributed by atoms with E-state index >= 15 is 0 Å². The van der Waals surface area contributed by atoms with Crippen LogP contribution in [-0.4, -0.2) is 16.8 Å². The molecule has 0 saturated heterocycles. The summed E-state index contributed by atoms with van der Waals surface area (Å²) in [4.78, 5) is 29.8. The number of aryl methyl sites for hydroxylation is 1. The Morgan fingerprint density at radius 2 is 2.09 bits per heavy atom. The monoisotopic (exact) mass is 315 g/mol. The van der Waals surface area contributed by atoms with E-state index in [4.69, 9.17) is 0 Å². The summed E-state index contributed by atoms with van der Waals surface area (Å²) in [7, 11) is 0. The maximum Gasteiger partial charge on any atom is 0.288 e. The van der Waals surface area contributed by atoms with E-state index in [2.05, 4.69) is 22.8 Å². The number of nitrogens with zero attached hydrogens (tertiary/aromatic N) is 1. The van der Waals surface area contributed by atoms with E-state index in [9.17, 15) is 9.59 Å². The molecule has 3 rings (SSSR count). The smallest absolute Gasteiger partial charge is 0.266 e. The van der Waals surface area contributed by atoms with E-state index < -0.39 is 5.91 Å². The highest BCUT2D eigenvalue weighted by atomic mass is 32.1. The third-order valence-corrected chi connectivity index (χ3v) is 4.98. The standard InChI is InChI=1S/C16H17N3O2S/c1-10-5-6-13-11(8-10)9-14(22-13)16(21)19-18-15(20)12-4-2-3-7-17-12/h2-4,7,9-10H,5-6,8H2,1H3,(H,18,20)(H,19,21)/t10-/m0/s1. The minimum atomic E-state index is -0.427. The lowest BCUT2D eigenvalue weighted by Gasteiger charge is -2.16. The van der Waals surface area contributed by atoms with E-state index in [0.717, 1.165) is 12.8 Å². The number of pyridine rings is 1. The molecule has 0 bridgehead atoms. The van der Waals surface area contributed by atoms with Gasteiger partial charge in [-0.1, -0.05) is 13.0 Å². The summed E-state index contributed by atoms with van der Waals surface area (Å²) in [5, 5.41) is 0. The van der Waals surface area contributed by atoms with Crippen LogP contribution in [0.2, 0.25) is 0 Å². The van der Waals surface area contributed by atoms with Gasteiger partial charge in [-0.15, -0.1) is 11.3 Å². The molecule has 1 aliphatic rings. The molecule has 2 heterocycles. The fourth-order valence-electron chi connectivity index (χ4n) is 2.55. The number of carbonyl (C=O) groups excluding carboxylic acids is 2. The number of carbonyl (C=O) groups is 2. The van der Waals surface area contributed by atoms with Crippen molar-refractivity contribution in [3.63, 3.8) is 0 Å². The maximum atomic E-state index is 12.1. The molecule has 0 unspecified atom stereocenters. The maximum absolute atomic E-state index is 12.1. The van der Waals surface area contributed by atoms with Crippen molar-refractivity contribution in [2.45, 2.75) is 26.2 Å². The Balaban J connectivity index is 1.62. The molecule has 0 spiro atoms. The van der Waals surface area contributed by atoms with Crippen LogP contribution >= 0.6 is 11.3 Å². The second kappa shape index (κ2) is 6.27. The zero-order valence-corrected chi connectivity index (χ0v) is 13.1.